The number of fused-ring (bicyclic) bond motifs is 3. The summed E-state index contributed by atoms with van der Waals surface area (Å²) >= 11 is 0. The molecular weight excluding hydrogens is 400 g/mol. The second kappa shape index (κ2) is 8.99. The maximum absolute atomic E-state index is 13.3. The molecule has 0 bridgehead atoms. The number of nitrogens with one attached hydrogen (secondary N) is 1. The third-order valence-corrected chi connectivity index (χ3v) is 5.66. The van der Waals surface area contributed by atoms with Gasteiger partial charge in [0.05, 0.1) is 20.1 Å². The molecule has 0 radical (unpaired) electrons. The van der Waals surface area contributed by atoms with Crippen molar-refractivity contribution < 1.29 is 28.7 Å². The van der Waals surface area contributed by atoms with E-state index in [0.29, 0.717) is 0 Å². The van der Waals surface area contributed by atoms with E-state index < -0.39 is 47.5 Å². The van der Waals surface area contributed by atoms with E-state index in [0.717, 1.165) is 36.5 Å². The first-order valence-corrected chi connectivity index (χ1v) is 9.75. The first-order valence-electron chi connectivity index (χ1n) is 9.75. The monoisotopic (exact) mass is 424 g/mol. The Hall–Kier alpha value is -3.68. The minimum absolute atomic E-state index is 0.457. The van der Waals surface area contributed by atoms with Gasteiger partial charge in [0, 0.05) is 5.92 Å². The van der Waals surface area contributed by atoms with Crippen molar-refractivity contribution in [2.45, 2.75) is 18.9 Å². The number of carbonyl (C=O) groups is 4. The number of methoxy groups -OCH3 is 2. The topological polar surface area (TPSA) is 125 Å². The highest BCUT2D eigenvalue weighted by molar-refractivity contribution is 6.00. The molecule has 0 saturated carbocycles. The van der Waals surface area contributed by atoms with Gasteiger partial charge in [0.2, 0.25) is 11.8 Å². The molecule has 162 valence electrons. The average molecular weight is 424 g/mol. The lowest BCUT2D eigenvalue weighted by atomic mass is 9.86. The van der Waals surface area contributed by atoms with E-state index in [1.54, 1.807) is 0 Å². The zero-order valence-electron chi connectivity index (χ0n) is 17.5. The van der Waals surface area contributed by atoms with Gasteiger partial charge in [0.1, 0.15) is 6.04 Å². The van der Waals surface area contributed by atoms with E-state index in [4.69, 9.17) is 5.73 Å². The number of hydrogen-bond acceptors (Lipinski definition) is 6. The van der Waals surface area contributed by atoms with Crippen LogP contribution in [0.5, 0.6) is 0 Å². The summed E-state index contributed by atoms with van der Waals surface area (Å²) in [4.78, 5) is 49.9. The van der Waals surface area contributed by atoms with Crippen LogP contribution in [0.2, 0.25) is 0 Å². The quantitative estimate of drug-likeness (QED) is 0.511. The van der Waals surface area contributed by atoms with Gasteiger partial charge in [0.25, 0.3) is 0 Å². The third-order valence-electron chi connectivity index (χ3n) is 5.66. The Morgan fingerprint density at radius 3 is 1.74 bits per heavy atom. The molecule has 2 atom stereocenters. The van der Waals surface area contributed by atoms with E-state index in [1.807, 2.05) is 48.5 Å². The van der Waals surface area contributed by atoms with Gasteiger partial charge in [0.15, 0.2) is 5.92 Å². The predicted octanol–water partition coefficient (Wildman–Crippen LogP) is 1.37. The minimum atomic E-state index is -1.42. The zero-order chi connectivity index (χ0) is 22.7. The highest BCUT2D eigenvalue weighted by Crippen LogP contribution is 2.44. The van der Waals surface area contributed by atoms with Crippen molar-refractivity contribution in [1.82, 2.24) is 5.32 Å². The molecule has 0 saturated heterocycles. The van der Waals surface area contributed by atoms with E-state index in [2.05, 4.69) is 14.8 Å². The summed E-state index contributed by atoms with van der Waals surface area (Å²) in [5.41, 5.74) is 9.01. The molecule has 2 aromatic carbocycles. The fourth-order valence-electron chi connectivity index (χ4n) is 4.11. The van der Waals surface area contributed by atoms with Gasteiger partial charge in [-0.2, -0.15) is 0 Å². The number of esters is 2. The third kappa shape index (κ3) is 4.01. The lowest BCUT2D eigenvalue weighted by Crippen LogP contribution is -2.53. The normalized spacial score (nSPS) is 14.2. The Labute approximate surface area is 179 Å². The Morgan fingerprint density at radius 1 is 0.871 bits per heavy atom. The zero-order valence-corrected chi connectivity index (χ0v) is 17.5. The molecule has 3 rings (SSSR count). The molecule has 3 N–H and O–H groups in total. The smallest absolute Gasteiger partial charge is 0.320 e. The number of primary amides is 1. The molecule has 0 spiro atoms. The first kappa shape index (κ1) is 22.0. The Bertz CT molecular complexity index is 973. The van der Waals surface area contributed by atoms with Gasteiger partial charge in [-0.1, -0.05) is 55.5 Å². The number of amides is 2. The van der Waals surface area contributed by atoms with Crippen LogP contribution in [-0.2, 0) is 28.7 Å². The summed E-state index contributed by atoms with van der Waals surface area (Å²) in [5, 5.41) is 2.65. The molecule has 2 aromatic rings. The van der Waals surface area contributed by atoms with E-state index >= 15 is 0 Å². The molecule has 2 amide bonds. The van der Waals surface area contributed by atoms with Crippen molar-refractivity contribution in [2.24, 2.45) is 17.6 Å². The summed E-state index contributed by atoms with van der Waals surface area (Å²) in [6.45, 7) is 1.46. The Balaban J connectivity index is 1.94. The van der Waals surface area contributed by atoms with Gasteiger partial charge in [-0.05, 0) is 22.3 Å². The largest absolute Gasteiger partial charge is 0.468 e. The van der Waals surface area contributed by atoms with Crippen LogP contribution in [0.25, 0.3) is 11.1 Å². The number of ether oxygens (including phenoxy) is 2. The van der Waals surface area contributed by atoms with Crippen LogP contribution in [0.1, 0.15) is 24.0 Å². The number of benzene rings is 2. The van der Waals surface area contributed by atoms with Crippen molar-refractivity contribution in [3.63, 3.8) is 0 Å². The van der Waals surface area contributed by atoms with Gasteiger partial charge < -0.3 is 20.5 Å². The molecule has 0 heterocycles. The number of hydrogen-bond donors (Lipinski definition) is 2. The molecule has 1 aliphatic carbocycles. The fourth-order valence-corrected chi connectivity index (χ4v) is 4.11. The van der Waals surface area contributed by atoms with Crippen LogP contribution < -0.4 is 11.1 Å². The van der Waals surface area contributed by atoms with Gasteiger partial charge in [-0.15, -0.1) is 0 Å². The highest BCUT2D eigenvalue weighted by atomic mass is 16.5. The molecular formula is C23H24N2O6. The van der Waals surface area contributed by atoms with Crippen molar-refractivity contribution in [2.75, 3.05) is 14.2 Å². The van der Waals surface area contributed by atoms with Crippen molar-refractivity contribution in [1.29, 1.82) is 0 Å². The molecule has 0 unspecified atom stereocenters. The second-order valence-electron chi connectivity index (χ2n) is 7.38. The molecule has 8 heteroatoms. The molecule has 8 nitrogen and oxygen atoms in total. The maximum Gasteiger partial charge on any atom is 0.320 e. The lowest BCUT2D eigenvalue weighted by Gasteiger charge is -2.28. The van der Waals surface area contributed by atoms with Gasteiger partial charge >= 0.3 is 11.9 Å². The van der Waals surface area contributed by atoms with Crippen LogP contribution in [0, 0.1) is 11.8 Å². The van der Waals surface area contributed by atoms with Gasteiger partial charge in [-0.25, -0.2) is 0 Å². The van der Waals surface area contributed by atoms with Crippen LogP contribution >= 0.6 is 0 Å². The summed E-state index contributed by atoms with van der Waals surface area (Å²) in [6, 6.07) is 13.7. The summed E-state index contributed by atoms with van der Waals surface area (Å²) in [5.74, 6) is -6.16. The number of rotatable bonds is 7. The van der Waals surface area contributed by atoms with E-state index in [-0.39, 0.29) is 0 Å². The van der Waals surface area contributed by atoms with E-state index in [1.165, 1.54) is 6.92 Å². The first-order chi connectivity index (χ1) is 14.8. The molecule has 1 aliphatic rings. The van der Waals surface area contributed by atoms with Gasteiger partial charge in [-0.3, -0.25) is 19.2 Å². The Kier molecular flexibility index (Phi) is 6.39. The Morgan fingerprint density at radius 2 is 1.32 bits per heavy atom. The van der Waals surface area contributed by atoms with Crippen molar-refractivity contribution in [3.05, 3.63) is 59.7 Å². The van der Waals surface area contributed by atoms with E-state index in [9.17, 15) is 19.2 Å². The summed E-state index contributed by atoms with van der Waals surface area (Å²) in [6.07, 6.45) is 0. The van der Waals surface area contributed by atoms with Crippen LogP contribution in [0.4, 0.5) is 0 Å². The standard InChI is InChI=1S/C23H24N2O6/c1-12(17(22(28)30-2)23(29)31-3)19(20(24)26)25-21(27)18-15-10-6-4-8-13(15)14-9-5-7-11-16(14)18/h4-12,17-19H,1-3H3,(H2,24,26)(H,25,27)/t12-,19-/m1/s1. The highest BCUT2D eigenvalue weighted by Gasteiger charge is 2.43. The average Bonchev–Trinajstić information content (AvgIpc) is 3.11. The predicted molar refractivity (Wildman–Crippen MR) is 112 cm³/mol. The van der Waals surface area contributed by atoms with Crippen LogP contribution in [0.3, 0.4) is 0 Å². The molecule has 0 aromatic heterocycles. The summed E-state index contributed by atoms with van der Waals surface area (Å²) in [7, 11) is 2.24. The number of nitrogens with two attached hydrogens (primary N) is 1. The van der Waals surface area contributed by atoms with Crippen LogP contribution in [-0.4, -0.2) is 44.0 Å². The maximum atomic E-state index is 13.3. The van der Waals surface area contributed by atoms with Crippen LogP contribution in [0.15, 0.2) is 48.5 Å². The summed E-state index contributed by atoms with van der Waals surface area (Å²) < 4.78 is 9.36. The fraction of sp³-hybridized carbons (Fsp3) is 0.304. The van der Waals surface area contributed by atoms with Crippen molar-refractivity contribution >= 4 is 23.8 Å². The number of carbonyl (C=O) groups excluding carboxylic acids is 4. The SMILES string of the molecule is COC(=O)C(C(=O)OC)[C@@H](C)[C@@H](NC(=O)C1c2ccccc2-c2ccccc21)C(N)=O. The van der Waals surface area contributed by atoms with Crippen molar-refractivity contribution in [3.8, 4) is 11.1 Å². The minimum Gasteiger partial charge on any atom is -0.468 e. The second-order valence-corrected chi connectivity index (χ2v) is 7.38. The molecule has 0 fully saturated rings. The molecule has 31 heavy (non-hydrogen) atoms. The lowest BCUT2D eigenvalue weighted by molar-refractivity contribution is -0.162. The molecule has 0 aliphatic heterocycles.